The molecule has 1 heterocycles. The fraction of sp³-hybridized carbons (Fsp3) is 0.941. The maximum absolute atomic E-state index is 7.64. The molecule has 254 valence electrons. The molecule has 0 aliphatic carbocycles. The van der Waals surface area contributed by atoms with Gasteiger partial charge in [-0.1, -0.05) is 95.1 Å². The van der Waals surface area contributed by atoms with Crippen molar-refractivity contribution in [2.75, 3.05) is 6.61 Å². The first-order valence-electron chi connectivity index (χ1n) is 17.9. The van der Waals surface area contributed by atoms with Gasteiger partial charge in [0, 0.05) is 0 Å². The molecule has 1 saturated heterocycles. The molecule has 0 aromatic rings. The molecule has 1 fully saturated rings. The lowest BCUT2D eigenvalue weighted by atomic mass is 9.89. The van der Waals surface area contributed by atoms with Crippen molar-refractivity contribution in [2.45, 2.75) is 200 Å². The van der Waals surface area contributed by atoms with E-state index in [2.05, 4.69) is 123 Å². The highest BCUT2D eigenvalue weighted by molar-refractivity contribution is 6.77. The quantitative estimate of drug-likeness (QED) is 0.115. The molecule has 0 bridgehead atoms. The number of hydrogen-bond acceptors (Lipinski definition) is 5. The Morgan fingerprint density at radius 2 is 1.05 bits per heavy atom. The molecule has 0 saturated carbocycles. The molecule has 1 aliphatic heterocycles. The van der Waals surface area contributed by atoms with Gasteiger partial charge in [-0.2, -0.15) is 0 Å². The van der Waals surface area contributed by atoms with E-state index in [0.29, 0.717) is 23.2 Å². The van der Waals surface area contributed by atoms with Crippen molar-refractivity contribution < 1.29 is 22.6 Å². The molecule has 0 aromatic heterocycles. The Balaban J connectivity index is 3.51. The lowest BCUT2D eigenvalue weighted by Gasteiger charge is -2.48. The zero-order valence-electron chi connectivity index (χ0n) is 31.5. The van der Waals surface area contributed by atoms with Crippen LogP contribution in [0.1, 0.15) is 124 Å². The van der Waals surface area contributed by atoms with Gasteiger partial charge in [-0.05, 0) is 93.4 Å². The molecular weight excluding hydrogens is 583 g/mol. The maximum atomic E-state index is 7.64. The van der Waals surface area contributed by atoms with Crippen LogP contribution in [0.2, 0.25) is 52.9 Å². The van der Waals surface area contributed by atoms with E-state index >= 15 is 0 Å². The molecule has 1 aliphatic rings. The van der Waals surface area contributed by atoms with Gasteiger partial charge in [0.25, 0.3) is 0 Å². The van der Waals surface area contributed by atoms with Crippen molar-refractivity contribution >= 4 is 32.1 Å². The van der Waals surface area contributed by atoms with E-state index in [0.717, 1.165) is 49.1 Å². The summed E-state index contributed by atoms with van der Waals surface area (Å²) in [4.78, 5) is 0. The molecule has 5 nitrogen and oxygen atoms in total. The Labute approximate surface area is 272 Å². The van der Waals surface area contributed by atoms with E-state index in [9.17, 15) is 0 Å². The highest BCUT2D eigenvalue weighted by atomic mass is 28.4. The van der Waals surface area contributed by atoms with Crippen LogP contribution in [0.3, 0.4) is 0 Å². The highest BCUT2D eigenvalue weighted by Gasteiger charge is 2.51. The van der Waals surface area contributed by atoms with Crippen molar-refractivity contribution in [2.24, 2.45) is 0 Å². The second-order valence-corrected chi connectivity index (χ2v) is 30.0. The predicted molar refractivity (Wildman–Crippen MR) is 196 cm³/mol. The second-order valence-electron chi connectivity index (χ2n) is 15.1. The van der Waals surface area contributed by atoms with Gasteiger partial charge < -0.3 is 22.6 Å². The average molecular weight is 657 g/mol. The summed E-state index contributed by atoms with van der Waals surface area (Å²) in [6.45, 7) is 37.4. The summed E-state index contributed by atoms with van der Waals surface area (Å²) in [6.07, 6.45) is 4.00. The van der Waals surface area contributed by atoms with E-state index in [1.807, 2.05) is 0 Å². The molecular formula is C34H73BO5Si3. The minimum atomic E-state index is -2.17. The van der Waals surface area contributed by atoms with Crippen LogP contribution in [0.5, 0.6) is 0 Å². The van der Waals surface area contributed by atoms with Crippen LogP contribution in [0.15, 0.2) is 12.1 Å². The monoisotopic (exact) mass is 656 g/mol. The summed E-state index contributed by atoms with van der Waals surface area (Å²) in [7, 11) is -6.20. The van der Waals surface area contributed by atoms with Crippen LogP contribution in [-0.2, 0) is 22.6 Å². The van der Waals surface area contributed by atoms with Crippen LogP contribution < -0.4 is 0 Å². The number of rotatable bonds is 21. The fourth-order valence-corrected chi connectivity index (χ4v) is 18.4. The van der Waals surface area contributed by atoms with Gasteiger partial charge in [-0.3, -0.25) is 0 Å². The molecule has 0 unspecified atom stereocenters. The van der Waals surface area contributed by atoms with Crippen molar-refractivity contribution in [3.8, 4) is 0 Å². The Morgan fingerprint density at radius 1 is 0.628 bits per heavy atom. The zero-order chi connectivity index (χ0) is 33.3. The normalized spacial score (nSPS) is 19.4. The first-order valence-corrected chi connectivity index (χ1v) is 25.1. The summed E-state index contributed by atoms with van der Waals surface area (Å²) < 4.78 is 34.6. The van der Waals surface area contributed by atoms with Crippen molar-refractivity contribution in [3.05, 3.63) is 12.1 Å². The molecule has 0 N–H and O–H groups in total. The lowest BCUT2D eigenvalue weighted by Crippen LogP contribution is -2.56. The molecule has 1 rings (SSSR count). The third kappa shape index (κ3) is 10.1. The largest absolute Gasteiger partial charge is 0.486 e. The van der Waals surface area contributed by atoms with E-state index in [4.69, 9.17) is 22.6 Å². The zero-order valence-corrected chi connectivity index (χ0v) is 34.5. The molecule has 0 radical (unpaired) electrons. The minimum absolute atomic E-state index is 0.00913. The number of hydrogen-bond donors (Lipinski definition) is 0. The van der Waals surface area contributed by atoms with Gasteiger partial charge >= 0.3 is 7.12 Å². The van der Waals surface area contributed by atoms with Crippen molar-refractivity contribution in [1.82, 2.24) is 0 Å². The van der Waals surface area contributed by atoms with Gasteiger partial charge in [0.2, 0.25) is 8.32 Å². The van der Waals surface area contributed by atoms with Crippen LogP contribution in [0.25, 0.3) is 0 Å². The summed E-state index contributed by atoms with van der Waals surface area (Å²) in [5.74, 6) is 2.10. The Kier molecular flexibility index (Phi) is 16.7. The Bertz CT molecular complexity index is 771. The van der Waals surface area contributed by atoms with Crippen LogP contribution in [0, 0.1) is 0 Å². The van der Waals surface area contributed by atoms with Gasteiger partial charge in [-0.25, -0.2) is 0 Å². The third-order valence-electron chi connectivity index (χ3n) is 11.5. The summed E-state index contributed by atoms with van der Waals surface area (Å²) >= 11 is 0. The van der Waals surface area contributed by atoms with E-state index in [1.54, 1.807) is 0 Å². The van der Waals surface area contributed by atoms with Crippen molar-refractivity contribution in [3.63, 3.8) is 0 Å². The molecule has 0 spiro atoms. The summed E-state index contributed by atoms with van der Waals surface area (Å²) in [6, 6.07) is 6.83. The molecule has 9 heteroatoms. The molecule has 0 amide bonds. The molecule has 0 aromatic carbocycles. The van der Waals surface area contributed by atoms with Crippen LogP contribution >= 0.6 is 0 Å². The highest BCUT2D eigenvalue weighted by Crippen LogP contribution is 2.44. The van der Waals surface area contributed by atoms with Gasteiger partial charge in [0.1, 0.15) is 0 Å². The van der Waals surface area contributed by atoms with E-state index < -0.39 is 25.0 Å². The summed E-state index contributed by atoms with van der Waals surface area (Å²) in [5, 5.41) is 0. The SMILES string of the molecule is CC[Si](CC)(CC)OC[C@@H](O[Si](C(C)C)(C(C)C)C(C)C)[C@@H](CC/C=C/B1OC(C)(C)C(C)(C)O1)O[Si](CC)(CC)CC. The second kappa shape index (κ2) is 17.4. The van der Waals surface area contributed by atoms with Gasteiger partial charge in [0.15, 0.2) is 16.6 Å². The Hall–Kier alpha value is 0.256. The van der Waals surface area contributed by atoms with Crippen molar-refractivity contribution in [1.29, 1.82) is 0 Å². The Morgan fingerprint density at radius 3 is 1.42 bits per heavy atom. The molecule has 2 atom stereocenters. The smallest absolute Gasteiger partial charge is 0.414 e. The van der Waals surface area contributed by atoms with Gasteiger partial charge in [-0.15, -0.1) is 0 Å². The first-order chi connectivity index (χ1) is 19.9. The summed E-state index contributed by atoms with van der Waals surface area (Å²) in [5.41, 5.74) is 0.871. The third-order valence-corrected chi connectivity index (χ3v) is 26.9. The van der Waals surface area contributed by atoms with Crippen LogP contribution in [0.4, 0.5) is 0 Å². The maximum Gasteiger partial charge on any atom is 0.486 e. The lowest BCUT2D eigenvalue weighted by molar-refractivity contribution is -0.000132. The fourth-order valence-electron chi connectivity index (χ4n) is 7.28. The van der Waals surface area contributed by atoms with E-state index in [-0.39, 0.29) is 30.5 Å². The molecule has 43 heavy (non-hydrogen) atoms. The van der Waals surface area contributed by atoms with E-state index in [1.165, 1.54) is 0 Å². The van der Waals surface area contributed by atoms with Gasteiger partial charge in [0.05, 0.1) is 30.0 Å². The minimum Gasteiger partial charge on any atom is -0.414 e. The average Bonchev–Trinajstić information content (AvgIpc) is 3.16. The number of allylic oxidation sites excluding steroid dienone is 1. The van der Waals surface area contributed by atoms with Crippen LogP contribution in [-0.4, -0.2) is 62.1 Å². The predicted octanol–water partition coefficient (Wildman–Crippen LogP) is 10.9. The topological polar surface area (TPSA) is 46.2 Å². The standard InChI is InChI=1S/C34H73BO5Si3/c1-17-41(18-2,19-3)36-27-32(38-43(28(7)8,29(9)10)30(11)12)31(37-42(20-4,21-5)22-6)25-23-24-26-35-39-33(13,14)34(15,16)40-35/h24,26,28-32H,17-23,25,27H2,1-16H3/b26-24+/t31-,32-/m1/s1. The first kappa shape index (κ1) is 41.3.